The van der Waals surface area contributed by atoms with Gasteiger partial charge in [-0.05, 0) is 12.6 Å². The standard InChI is InChI=1S/C12H13F2N3/c13-11-3-1-2-9(12(11)14)6-17-7-10(4-5-15)16-8-17/h1-3,7-8H,4-6,15H2. The molecule has 0 spiro atoms. The molecule has 5 heteroatoms. The molecule has 2 aromatic rings. The minimum Gasteiger partial charge on any atom is -0.333 e. The summed E-state index contributed by atoms with van der Waals surface area (Å²) >= 11 is 0. The maximum Gasteiger partial charge on any atom is 0.163 e. The summed E-state index contributed by atoms with van der Waals surface area (Å²) in [7, 11) is 0. The SMILES string of the molecule is NCCc1cn(Cc2cccc(F)c2F)cn1. The number of aromatic nitrogens is 2. The van der Waals surface area contributed by atoms with Crippen molar-refractivity contribution in [1.82, 2.24) is 9.55 Å². The molecule has 0 amide bonds. The molecule has 0 unspecified atom stereocenters. The van der Waals surface area contributed by atoms with Gasteiger partial charge >= 0.3 is 0 Å². The second-order valence-electron chi connectivity index (χ2n) is 3.79. The van der Waals surface area contributed by atoms with Crippen LogP contribution in [0.25, 0.3) is 0 Å². The molecule has 2 N–H and O–H groups in total. The monoisotopic (exact) mass is 237 g/mol. The third-order valence-electron chi connectivity index (χ3n) is 2.47. The van der Waals surface area contributed by atoms with Crippen molar-refractivity contribution in [3.05, 3.63) is 53.6 Å². The quantitative estimate of drug-likeness (QED) is 0.879. The highest BCUT2D eigenvalue weighted by Gasteiger charge is 2.08. The first-order valence-electron chi connectivity index (χ1n) is 5.34. The Labute approximate surface area is 97.9 Å². The molecule has 0 bridgehead atoms. The van der Waals surface area contributed by atoms with E-state index in [0.29, 0.717) is 18.5 Å². The Morgan fingerprint density at radius 1 is 1.29 bits per heavy atom. The van der Waals surface area contributed by atoms with Gasteiger partial charge in [0.1, 0.15) is 0 Å². The Bertz CT molecular complexity index is 508. The number of nitrogens with zero attached hydrogens (tertiary/aromatic N) is 2. The van der Waals surface area contributed by atoms with E-state index in [1.165, 1.54) is 6.07 Å². The lowest BCUT2D eigenvalue weighted by molar-refractivity contribution is 0.495. The Hall–Kier alpha value is -1.75. The van der Waals surface area contributed by atoms with Crippen molar-refractivity contribution in [1.29, 1.82) is 0 Å². The molecule has 1 aromatic carbocycles. The topological polar surface area (TPSA) is 43.8 Å². The minimum atomic E-state index is -0.829. The molecule has 0 atom stereocenters. The molecule has 2 rings (SSSR count). The smallest absolute Gasteiger partial charge is 0.163 e. The van der Waals surface area contributed by atoms with Crippen molar-refractivity contribution in [3.63, 3.8) is 0 Å². The summed E-state index contributed by atoms with van der Waals surface area (Å²) < 4.78 is 28.1. The number of hydrogen-bond acceptors (Lipinski definition) is 2. The van der Waals surface area contributed by atoms with Crippen LogP contribution < -0.4 is 5.73 Å². The Morgan fingerprint density at radius 3 is 2.88 bits per heavy atom. The number of benzene rings is 1. The average molecular weight is 237 g/mol. The summed E-state index contributed by atoms with van der Waals surface area (Å²) in [6, 6.07) is 4.15. The molecular weight excluding hydrogens is 224 g/mol. The summed E-state index contributed by atoms with van der Waals surface area (Å²) in [4.78, 5) is 4.12. The first kappa shape index (κ1) is 11.7. The van der Waals surface area contributed by atoms with Crippen LogP contribution in [0.5, 0.6) is 0 Å². The number of halogens is 2. The van der Waals surface area contributed by atoms with Gasteiger partial charge in [0.25, 0.3) is 0 Å². The van der Waals surface area contributed by atoms with Crippen molar-refractivity contribution in [3.8, 4) is 0 Å². The van der Waals surface area contributed by atoms with Gasteiger partial charge in [0.15, 0.2) is 11.6 Å². The molecule has 1 heterocycles. The van der Waals surface area contributed by atoms with Crippen LogP contribution in [-0.2, 0) is 13.0 Å². The van der Waals surface area contributed by atoms with E-state index in [4.69, 9.17) is 5.73 Å². The lowest BCUT2D eigenvalue weighted by Crippen LogP contribution is -2.03. The van der Waals surface area contributed by atoms with Gasteiger partial charge in [-0.1, -0.05) is 12.1 Å². The molecule has 0 aliphatic carbocycles. The fraction of sp³-hybridized carbons (Fsp3) is 0.250. The van der Waals surface area contributed by atoms with Gasteiger partial charge in [-0.15, -0.1) is 0 Å². The Morgan fingerprint density at radius 2 is 2.12 bits per heavy atom. The van der Waals surface area contributed by atoms with Gasteiger partial charge in [-0.2, -0.15) is 0 Å². The van der Waals surface area contributed by atoms with Crippen LogP contribution >= 0.6 is 0 Å². The van der Waals surface area contributed by atoms with Crippen LogP contribution in [0.3, 0.4) is 0 Å². The average Bonchev–Trinajstić information content (AvgIpc) is 2.73. The predicted octanol–water partition coefficient (Wildman–Crippen LogP) is 1.71. The van der Waals surface area contributed by atoms with Crippen molar-refractivity contribution in [2.24, 2.45) is 5.73 Å². The van der Waals surface area contributed by atoms with Crippen LogP contribution in [0.2, 0.25) is 0 Å². The number of imidazole rings is 1. The lowest BCUT2D eigenvalue weighted by atomic mass is 10.2. The molecule has 0 saturated carbocycles. The number of nitrogens with two attached hydrogens (primary N) is 1. The summed E-state index contributed by atoms with van der Waals surface area (Å²) in [5.74, 6) is -1.63. The number of rotatable bonds is 4. The molecule has 0 aliphatic heterocycles. The molecule has 1 aromatic heterocycles. The van der Waals surface area contributed by atoms with Gasteiger partial charge in [0, 0.05) is 18.2 Å². The first-order valence-corrected chi connectivity index (χ1v) is 5.34. The summed E-state index contributed by atoms with van der Waals surface area (Å²) in [6.45, 7) is 0.784. The van der Waals surface area contributed by atoms with Gasteiger partial charge in [-0.3, -0.25) is 0 Å². The van der Waals surface area contributed by atoms with E-state index in [-0.39, 0.29) is 6.54 Å². The first-order chi connectivity index (χ1) is 8.20. The fourth-order valence-electron chi connectivity index (χ4n) is 1.64. The molecule has 3 nitrogen and oxygen atoms in total. The van der Waals surface area contributed by atoms with E-state index in [0.717, 1.165) is 11.8 Å². The van der Waals surface area contributed by atoms with Crippen molar-refractivity contribution in [2.45, 2.75) is 13.0 Å². The van der Waals surface area contributed by atoms with E-state index in [1.807, 2.05) is 0 Å². The molecule has 90 valence electrons. The zero-order valence-electron chi connectivity index (χ0n) is 9.24. The third-order valence-corrected chi connectivity index (χ3v) is 2.47. The summed E-state index contributed by atoms with van der Waals surface area (Å²) in [6.07, 6.45) is 4.06. The van der Waals surface area contributed by atoms with Crippen molar-refractivity contribution in [2.75, 3.05) is 6.54 Å². The molecule has 17 heavy (non-hydrogen) atoms. The van der Waals surface area contributed by atoms with Crippen LogP contribution in [0, 0.1) is 11.6 Å². The van der Waals surface area contributed by atoms with Gasteiger partial charge in [0.2, 0.25) is 0 Å². The van der Waals surface area contributed by atoms with E-state index in [9.17, 15) is 8.78 Å². The Kier molecular flexibility index (Phi) is 3.49. The van der Waals surface area contributed by atoms with E-state index < -0.39 is 11.6 Å². The zero-order valence-corrected chi connectivity index (χ0v) is 9.24. The van der Waals surface area contributed by atoms with E-state index in [1.54, 1.807) is 23.2 Å². The van der Waals surface area contributed by atoms with Gasteiger partial charge < -0.3 is 10.3 Å². The molecule has 0 saturated heterocycles. The van der Waals surface area contributed by atoms with E-state index >= 15 is 0 Å². The highest BCUT2D eigenvalue weighted by atomic mass is 19.2. The van der Waals surface area contributed by atoms with E-state index in [2.05, 4.69) is 4.98 Å². The molecular formula is C12H13F2N3. The van der Waals surface area contributed by atoms with Crippen LogP contribution in [0.15, 0.2) is 30.7 Å². The third kappa shape index (κ3) is 2.68. The van der Waals surface area contributed by atoms with Crippen LogP contribution in [0.1, 0.15) is 11.3 Å². The van der Waals surface area contributed by atoms with Crippen molar-refractivity contribution >= 4 is 0 Å². The Balaban J connectivity index is 2.16. The summed E-state index contributed by atoms with van der Waals surface area (Å²) in [5, 5.41) is 0. The zero-order chi connectivity index (χ0) is 12.3. The molecule has 0 aliphatic rings. The molecule has 0 radical (unpaired) electrons. The normalized spacial score (nSPS) is 10.8. The van der Waals surface area contributed by atoms with Gasteiger partial charge in [-0.25, -0.2) is 13.8 Å². The van der Waals surface area contributed by atoms with Crippen LogP contribution in [-0.4, -0.2) is 16.1 Å². The minimum absolute atomic E-state index is 0.265. The number of hydrogen-bond donors (Lipinski definition) is 1. The van der Waals surface area contributed by atoms with Crippen LogP contribution in [0.4, 0.5) is 8.78 Å². The predicted molar refractivity (Wildman–Crippen MR) is 60.4 cm³/mol. The second kappa shape index (κ2) is 5.05. The summed E-state index contributed by atoms with van der Waals surface area (Å²) in [5.41, 5.74) is 6.57. The highest BCUT2D eigenvalue weighted by molar-refractivity contribution is 5.19. The second-order valence-corrected chi connectivity index (χ2v) is 3.79. The largest absolute Gasteiger partial charge is 0.333 e. The lowest BCUT2D eigenvalue weighted by Gasteiger charge is -2.04. The highest BCUT2D eigenvalue weighted by Crippen LogP contribution is 2.13. The van der Waals surface area contributed by atoms with Crippen molar-refractivity contribution < 1.29 is 8.78 Å². The fourth-order valence-corrected chi connectivity index (χ4v) is 1.64. The molecule has 0 fully saturated rings. The maximum atomic E-state index is 13.4. The maximum absolute atomic E-state index is 13.4. The van der Waals surface area contributed by atoms with Gasteiger partial charge in [0.05, 0.1) is 18.6 Å².